The third-order valence-corrected chi connectivity index (χ3v) is 4.63. The molecule has 120 valence electrons. The molecule has 0 atom stereocenters. The molecule has 2 aromatic carbocycles. The van der Waals surface area contributed by atoms with Gasteiger partial charge in [-0.2, -0.15) is 0 Å². The van der Waals surface area contributed by atoms with Crippen LogP contribution in [0.3, 0.4) is 0 Å². The standard InChI is InChI=1S/C20H19N3O/c1-14-8-9-18(17-7-4-11-21-19(14)17)22-20(24)23-12-10-15-5-2-3-6-16(15)13-23/h2-9,11H,10,12-13H2,1H3,(H,22,24). The van der Waals surface area contributed by atoms with E-state index in [1.807, 2.05) is 42.2 Å². The lowest BCUT2D eigenvalue weighted by molar-refractivity contribution is 0.206. The van der Waals surface area contributed by atoms with Crippen LogP contribution < -0.4 is 5.32 Å². The van der Waals surface area contributed by atoms with Crippen molar-refractivity contribution in [1.29, 1.82) is 0 Å². The average Bonchev–Trinajstić information content (AvgIpc) is 2.64. The van der Waals surface area contributed by atoms with Gasteiger partial charge >= 0.3 is 6.03 Å². The van der Waals surface area contributed by atoms with Gasteiger partial charge in [0, 0.05) is 24.7 Å². The molecule has 24 heavy (non-hydrogen) atoms. The Labute approximate surface area is 141 Å². The van der Waals surface area contributed by atoms with Crippen molar-refractivity contribution >= 4 is 22.6 Å². The van der Waals surface area contributed by atoms with Gasteiger partial charge in [0.1, 0.15) is 0 Å². The topological polar surface area (TPSA) is 45.2 Å². The average molecular weight is 317 g/mol. The van der Waals surface area contributed by atoms with Gasteiger partial charge in [-0.05, 0) is 48.2 Å². The number of pyridine rings is 1. The van der Waals surface area contributed by atoms with Crippen LogP contribution in [-0.4, -0.2) is 22.5 Å². The molecule has 1 aliphatic heterocycles. The first-order chi connectivity index (χ1) is 11.7. The second-order valence-corrected chi connectivity index (χ2v) is 6.20. The summed E-state index contributed by atoms with van der Waals surface area (Å²) in [6, 6.07) is 16.1. The second kappa shape index (κ2) is 5.96. The van der Waals surface area contributed by atoms with Gasteiger partial charge in [0.05, 0.1) is 11.2 Å². The zero-order valence-corrected chi connectivity index (χ0v) is 13.6. The number of nitrogens with zero attached hydrogens (tertiary/aromatic N) is 2. The van der Waals surface area contributed by atoms with Crippen molar-refractivity contribution in [3.8, 4) is 0 Å². The lowest BCUT2D eigenvalue weighted by atomic mass is 10.0. The Hall–Kier alpha value is -2.88. The van der Waals surface area contributed by atoms with Gasteiger partial charge in [-0.1, -0.05) is 30.3 Å². The zero-order valence-electron chi connectivity index (χ0n) is 13.6. The second-order valence-electron chi connectivity index (χ2n) is 6.20. The third-order valence-electron chi connectivity index (χ3n) is 4.63. The van der Waals surface area contributed by atoms with Gasteiger partial charge in [-0.3, -0.25) is 4.98 Å². The Morgan fingerprint density at radius 1 is 1.08 bits per heavy atom. The first kappa shape index (κ1) is 14.7. The molecule has 0 saturated heterocycles. The highest BCUT2D eigenvalue weighted by Crippen LogP contribution is 2.25. The molecule has 0 aliphatic carbocycles. The van der Waals surface area contributed by atoms with Crippen LogP contribution in [0.1, 0.15) is 16.7 Å². The maximum atomic E-state index is 12.7. The molecule has 4 heteroatoms. The molecule has 0 fully saturated rings. The van der Waals surface area contributed by atoms with E-state index in [2.05, 4.69) is 28.5 Å². The Bertz CT molecular complexity index is 920. The van der Waals surface area contributed by atoms with Gasteiger partial charge < -0.3 is 10.2 Å². The molecule has 2 amide bonds. The minimum atomic E-state index is -0.0569. The van der Waals surface area contributed by atoms with Crippen LogP contribution >= 0.6 is 0 Å². The van der Waals surface area contributed by atoms with E-state index in [-0.39, 0.29) is 6.03 Å². The molecular weight excluding hydrogens is 298 g/mol. The Kier molecular flexibility index (Phi) is 3.65. The lowest BCUT2D eigenvalue weighted by Gasteiger charge is -2.29. The molecule has 0 unspecified atom stereocenters. The molecule has 0 radical (unpaired) electrons. The van der Waals surface area contributed by atoms with E-state index in [1.165, 1.54) is 11.1 Å². The minimum absolute atomic E-state index is 0.0569. The summed E-state index contributed by atoms with van der Waals surface area (Å²) >= 11 is 0. The first-order valence-electron chi connectivity index (χ1n) is 8.19. The molecule has 1 aromatic heterocycles. The monoisotopic (exact) mass is 317 g/mol. The summed E-state index contributed by atoms with van der Waals surface area (Å²) in [6.07, 6.45) is 2.68. The van der Waals surface area contributed by atoms with E-state index in [1.54, 1.807) is 6.20 Å². The van der Waals surface area contributed by atoms with Crippen molar-refractivity contribution in [3.63, 3.8) is 0 Å². The summed E-state index contributed by atoms with van der Waals surface area (Å²) < 4.78 is 0. The zero-order chi connectivity index (χ0) is 16.5. The summed E-state index contributed by atoms with van der Waals surface area (Å²) in [5, 5.41) is 4.03. The summed E-state index contributed by atoms with van der Waals surface area (Å²) in [5.41, 5.74) is 5.42. The predicted octanol–water partition coefficient (Wildman–Crippen LogP) is 4.13. The SMILES string of the molecule is Cc1ccc(NC(=O)N2CCc3ccccc3C2)c2cccnc12. The van der Waals surface area contributed by atoms with E-state index < -0.39 is 0 Å². The third kappa shape index (κ3) is 2.60. The first-order valence-corrected chi connectivity index (χ1v) is 8.19. The molecule has 1 N–H and O–H groups in total. The van der Waals surface area contributed by atoms with Crippen LogP contribution in [0.15, 0.2) is 54.7 Å². The van der Waals surface area contributed by atoms with Gasteiger partial charge in [-0.15, -0.1) is 0 Å². The number of carbonyl (C=O) groups excluding carboxylic acids is 1. The highest BCUT2D eigenvalue weighted by molar-refractivity contribution is 6.01. The van der Waals surface area contributed by atoms with Gasteiger partial charge in [0.2, 0.25) is 0 Å². The lowest BCUT2D eigenvalue weighted by Crippen LogP contribution is -2.38. The van der Waals surface area contributed by atoms with E-state index >= 15 is 0 Å². The number of hydrogen-bond acceptors (Lipinski definition) is 2. The van der Waals surface area contributed by atoms with Crippen LogP contribution in [0.4, 0.5) is 10.5 Å². The maximum absolute atomic E-state index is 12.7. The molecule has 0 bridgehead atoms. The van der Waals surface area contributed by atoms with Crippen molar-refractivity contribution in [2.75, 3.05) is 11.9 Å². The predicted molar refractivity (Wildman–Crippen MR) is 96.1 cm³/mol. The number of benzene rings is 2. The fourth-order valence-corrected chi connectivity index (χ4v) is 3.29. The van der Waals surface area contributed by atoms with Crippen LogP contribution in [0, 0.1) is 6.92 Å². The quantitative estimate of drug-likeness (QED) is 0.733. The van der Waals surface area contributed by atoms with E-state index in [9.17, 15) is 4.79 Å². The highest BCUT2D eigenvalue weighted by Gasteiger charge is 2.20. The minimum Gasteiger partial charge on any atom is -0.320 e. The van der Waals surface area contributed by atoms with Crippen molar-refractivity contribution in [2.24, 2.45) is 0 Å². The van der Waals surface area contributed by atoms with Crippen LogP contribution in [-0.2, 0) is 13.0 Å². The largest absolute Gasteiger partial charge is 0.322 e. The van der Waals surface area contributed by atoms with Crippen LogP contribution in [0.5, 0.6) is 0 Å². The Morgan fingerprint density at radius 2 is 1.92 bits per heavy atom. The Balaban J connectivity index is 1.58. The number of hydrogen-bond donors (Lipinski definition) is 1. The highest BCUT2D eigenvalue weighted by atomic mass is 16.2. The molecule has 0 spiro atoms. The molecule has 3 aromatic rings. The Morgan fingerprint density at radius 3 is 2.79 bits per heavy atom. The number of aryl methyl sites for hydroxylation is 1. The van der Waals surface area contributed by atoms with Crippen LogP contribution in [0.25, 0.3) is 10.9 Å². The molecule has 4 nitrogen and oxygen atoms in total. The number of carbonyl (C=O) groups is 1. The molecule has 2 heterocycles. The summed E-state index contributed by atoms with van der Waals surface area (Å²) in [6.45, 7) is 3.43. The number of urea groups is 1. The molecular formula is C20H19N3O. The normalized spacial score (nSPS) is 13.6. The summed E-state index contributed by atoms with van der Waals surface area (Å²) in [5.74, 6) is 0. The molecule has 0 saturated carbocycles. The maximum Gasteiger partial charge on any atom is 0.322 e. The molecule has 1 aliphatic rings. The van der Waals surface area contributed by atoms with Gasteiger partial charge in [-0.25, -0.2) is 4.79 Å². The molecule has 4 rings (SSSR count). The number of aromatic nitrogens is 1. The fraction of sp³-hybridized carbons (Fsp3) is 0.200. The number of amides is 2. The van der Waals surface area contributed by atoms with E-state index in [0.717, 1.165) is 35.1 Å². The summed E-state index contributed by atoms with van der Waals surface area (Å²) in [4.78, 5) is 19.0. The van der Waals surface area contributed by atoms with E-state index in [0.29, 0.717) is 6.54 Å². The number of rotatable bonds is 1. The number of anilines is 1. The van der Waals surface area contributed by atoms with Gasteiger partial charge in [0.25, 0.3) is 0 Å². The van der Waals surface area contributed by atoms with Crippen molar-refractivity contribution < 1.29 is 4.79 Å². The van der Waals surface area contributed by atoms with Gasteiger partial charge in [0.15, 0.2) is 0 Å². The van der Waals surface area contributed by atoms with E-state index in [4.69, 9.17) is 0 Å². The number of fused-ring (bicyclic) bond motifs is 2. The van der Waals surface area contributed by atoms with Crippen molar-refractivity contribution in [1.82, 2.24) is 9.88 Å². The fourth-order valence-electron chi connectivity index (χ4n) is 3.29. The summed E-state index contributed by atoms with van der Waals surface area (Å²) in [7, 11) is 0. The number of nitrogens with one attached hydrogen (secondary N) is 1. The van der Waals surface area contributed by atoms with Crippen LogP contribution in [0.2, 0.25) is 0 Å². The van der Waals surface area contributed by atoms with Crippen molar-refractivity contribution in [3.05, 3.63) is 71.4 Å². The smallest absolute Gasteiger partial charge is 0.320 e. The van der Waals surface area contributed by atoms with Crippen molar-refractivity contribution in [2.45, 2.75) is 19.9 Å².